The second-order valence-corrected chi connectivity index (χ2v) is 10.7. The van der Waals surface area contributed by atoms with Crippen molar-refractivity contribution in [2.75, 3.05) is 0 Å². The molecule has 0 nitrogen and oxygen atoms in total. The molecule has 4 rings (SSSR count). The molecule has 0 spiro atoms. The van der Waals surface area contributed by atoms with E-state index < -0.39 is 0 Å². The zero-order chi connectivity index (χ0) is 13.4. The van der Waals surface area contributed by atoms with Crippen molar-refractivity contribution in [3.63, 3.8) is 0 Å². The van der Waals surface area contributed by atoms with Crippen molar-refractivity contribution in [2.45, 2.75) is 0 Å². The second-order valence-electron chi connectivity index (χ2n) is 4.92. The van der Waals surface area contributed by atoms with E-state index in [9.17, 15) is 0 Å². The Kier molecular flexibility index (Phi) is 3.30. The Hall–Kier alpha value is -1.22. The molecule has 0 saturated carbocycles. The Labute approximate surface area is 132 Å². The third-order valence-electron chi connectivity index (χ3n) is 3.57. The average Bonchev–Trinajstić information content (AvgIpc) is 2.86. The van der Waals surface area contributed by atoms with Crippen LogP contribution >= 0.6 is 0 Å². The summed E-state index contributed by atoms with van der Waals surface area (Å²) in [5.74, 6) is 0. The molecule has 20 heavy (non-hydrogen) atoms. The van der Waals surface area contributed by atoms with Crippen molar-refractivity contribution in [3.05, 3.63) is 72.8 Å². The van der Waals surface area contributed by atoms with Gasteiger partial charge in [0.1, 0.15) is 0 Å². The summed E-state index contributed by atoms with van der Waals surface area (Å²) in [7, 11) is 0. The van der Waals surface area contributed by atoms with Gasteiger partial charge in [0.2, 0.25) is 0 Å². The van der Waals surface area contributed by atoms with Crippen LogP contribution in [0.25, 0.3) is 11.1 Å². The van der Waals surface area contributed by atoms with Crippen LogP contribution in [-0.2, 0) is 0 Å². The Morgan fingerprint density at radius 3 is 2.25 bits per heavy atom. The van der Waals surface area contributed by atoms with Crippen LogP contribution < -0.4 is 17.4 Å². The summed E-state index contributed by atoms with van der Waals surface area (Å²) in [6.45, 7) is 0. The number of benzene rings is 3. The van der Waals surface area contributed by atoms with Gasteiger partial charge in [0.15, 0.2) is 0 Å². The van der Waals surface area contributed by atoms with E-state index in [1.54, 1.807) is 13.1 Å². The van der Waals surface area contributed by atoms with Crippen LogP contribution in [0.2, 0.25) is 0 Å². The van der Waals surface area contributed by atoms with Gasteiger partial charge < -0.3 is 0 Å². The van der Waals surface area contributed by atoms with Crippen molar-refractivity contribution in [2.24, 2.45) is 0 Å². The van der Waals surface area contributed by atoms with Crippen LogP contribution in [0.5, 0.6) is 0 Å². The maximum atomic E-state index is 2.46. The zero-order valence-electron chi connectivity index (χ0n) is 10.9. The molecule has 0 aromatic heterocycles. The van der Waals surface area contributed by atoms with Gasteiger partial charge in [0.05, 0.1) is 0 Å². The van der Waals surface area contributed by atoms with E-state index in [1.165, 1.54) is 15.5 Å². The first-order valence-electron chi connectivity index (χ1n) is 6.73. The van der Waals surface area contributed by atoms with E-state index in [0.29, 0.717) is 0 Å². The number of rotatable bonds is 2. The Morgan fingerprint density at radius 1 is 0.600 bits per heavy atom. The van der Waals surface area contributed by atoms with E-state index in [-0.39, 0.29) is 31.5 Å². The molecule has 0 N–H and O–H groups in total. The topological polar surface area (TPSA) is 0 Å². The van der Waals surface area contributed by atoms with Gasteiger partial charge >= 0.3 is 133 Å². The van der Waals surface area contributed by atoms with Crippen molar-refractivity contribution in [1.82, 2.24) is 0 Å². The summed E-state index contributed by atoms with van der Waals surface area (Å²) < 4.78 is 6.25. The zero-order valence-corrected chi connectivity index (χ0v) is 15.1. The van der Waals surface area contributed by atoms with Crippen LogP contribution in [0.1, 0.15) is 0 Å². The van der Waals surface area contributed by atoms with Crippen LogP contribution in [-0.4, -0.2) is 31.5 Å². The summed E-state index contributed by atoms with van der Waals surface area (Å²) in [6.07, 6.45) is 0. The maximum absolute atomic E-state index is 2.46. The van der Waals surface area contributed by atoms with Crippen molar-refractivity contribution in [1.29, 1.82) is 0 Å². The first kappa shape index (κ1) is 12.5. The molecule has 0 saturated heterocycles. The molecule has 0 amide bonds. The fourth-order valence-corrected chi connectivity index (χ4v) is 7.66. The third-order valence-corrected chi connectivity index (χ3v) is 9.09. The fraction of sp³-hybridized carbons (Fsp3) is 0. The molecule has 0 fully saturated rings. The van der Waals surface area contributed by atoms with Crippen LogP contribution in [0.3, 0.4) is 0 Å². The molecule has 3 aromatic rings. The van der Waals surface area contributed by atoms with Gasteiger partial charge in [-0.2, -0.15) is 0 Å². The molecule has 0 aliphatic carbocycles. The minimum absolute atomic E-state index is 0.0999. The second kappa shape index (κ2) is 5.28. The molecule has 0 bridgehead atoms. The summed E-state index contributed by atoms with van der Waals surface area (Å²) in [5.41, 5.74) is 3.00. The SMILES string of the molecule is c1ccc([AsH]c2ccc3c(c2)-c2ccccc2[AsH]3)cc1. The number of fused-ring (bicyclic) bond motifs is 3. The molecule has 1 aliphatic heterocycles. The molecule has 3 aromatic carbocycles. The molecule has 2 heteroatoms. The molecular weight excluding hydrogens is 366 g/mol. The molecular formula is C18H14As2. The van der Waals surface area contributed by atoms with Crippen LogP contribution in [0.4, 0.5) is 0 Å². The van der Waals surface area contributed by atoms with Crippen molar-refractivity contribution < 1.29 is 0 Å². The standard InChI is InChI=1S/C18H14As2/c1-2-6-13(7-3-1)19-14-10-11-18-16(12-14)15-8-4-5-9-17(15)20-18/h1-12,19-20H. The Balaban J connectivity index is 1.73. The van der Waals surface area contributed by atoms with Crippen molar-refractivity contribution >= 4 is 48.9 Å². The summed E-state index contributed by atoms with van der Waals surface area (Å²) in [5, 5.41) is 0. The quantitative estimate of drug-likeness (QED) is 0.443. The monoisotopic (exact) mass is 380 g/mol. The van der Waals surface area contributed by atoms with E-state index in [4.69, 9.17) is 0 Å². The first-order chi connectivity index (χ1) is 9.90. The molecule has 2 atom stereocenters. The predicted octanol–water partition coefficient (Wildman–Crippen LogP) is 0.442. The third kappa shape index (κ3) is 2.28. The van der Waals surface area contributed by atoms with Gasteiger partial charge in [-0.3, -0.25) is 0 Å². The van der Waals surface area contributed by atoms with Gasteiger partial charge in [-0.15, -0.1) is 0 Å². The van der Waals surface area contributed by atoms with Crippen LogP contribution in [0.15, 0.2) is 72.8 Å². The molecule has 1 aliphatic rings. The Bertz CT molecular complexity index is 763. The van der Waals surface area contributed by atoms with E-state index in [2.05, 4.69) is 72.8 Å². The summed E-state index contributed by atoms with van der Waals surface area (Å²) >= 11 is -0.303. The minimum atomic E-state index is -0.203. The molecule has 96 valence electrons. The molecule has 1 heterocycles. The van der Waals surface area contributed by atoms with Gasteiger partial charge in [0, 0.05) is 0 Å². The fourth-order valence-electron chi connectivity index (χ4n) is 2.61. The van der Waals surface area contributed by atoms with Crippen molar-refractivity contribution in [3.8, 4) is 11.1 Å². The molecule has 0 radical (unpaired) electrons. The Morgan fingerprint density at radius 2 is 1.35 bits per heavy atom. The van der Waals surface area contributed by atoms with Gasteiger partial charge in [-0.1, -0.05) is 0 Å². The predicted molar refractivity (Wildman–Crippen MR) is 91.2 cm³/mol. The van der Waals surface area contributed by atoms with Gasteiger partial charge in [-0.25, -0.2) is 0 Å². The summed E-state index contributed by atoms with van der Waals surface area (Å²) in [4.78, 5) is 0. The first-order valence-corrected chi connectivity index (χ1v) is 10.9. The average molecular weight is 380 g/mol. The normalized spacial score (nSPS) is 13.8. The van der Waals surface area contributed by atoms with Gasteiger partial charge in [-0.05, 0) is 0 Å². The molecule has 2 unspecified atom stereocenters. The van der Waals surface area contributed by atoms with E-state index in [1.807, 2.05) is 0 Å². The van der Waals surface area contributed by atoms with E-state index >= 15 is 0 Å². The van der Waals surface area contributed by atoms with E-state index in [0.717, 1.165) is 0 Å². The number of hydrogen-bond acceptors (Lipinski definition) is 0. The summed E-state index contributed by atoms with van der Waals surface area (Å²) in [6, 6.07) is 27.0. The number of hydrogen-bond donors (Lipinski definition) is 0. The van der Waals surface area contributed by atoms with Crippen LogP contribution in [0, 0.1) is 0 Å². The van der Waals surface area contributed by atoms with Gasteiger partial charge in [0.25, 0.3) is 0 Å².